The van der Waals surface area contributed by atoms with E-state index in [1.807, 2.05) is 39.8 Å². The topological polar surface area (TPSA) is 71.1 Å². The molecule has 0 aliphatic heterocycles. The molecule has 0 saturated heterocycles. The summed E-state index contributed by atoms with van der Waals surface area (Å²) < 4.78 is 37.5. The first-order valence-electron chi connectivity index (χ1n) is 12.1. The lowest BCUT2D eigenvalue weighted by Crippen LogP contribution is -2.28. The number of esters is 1. The number of carbonyl (C=O) groups is 1. The van der Waals surface area contributed by atoms with E-state index >= 15 is 0 Å². The van der Waals surface area contributed by atoms with Crippen LogP contribution in [-0.2, 0) is 35.0 Å². The standard InChI is InChI=1S/C27H47O6P/c1-14-15-27(12,13)23-20(18-22(28)30-24(3,4)5)16-19(2)17-21(23)31-34(29,32-25(6,7)8)33-26(9,10)11/h16-17H,14-15,18H2,1-13H3. The Morgan fingerprint density at radius 3 is 1.76 bits per heavy atom. The summed E-state index contributed by atoms with van der Waals surface area (Å²) in [5.74, 6) is 0.0894. The lowest BCUT2D eigenvalue weighted by molar-refractivity contribution is -0.153. The molecular formula is C27H47O6P. The van der Waals surface area contributed by atoms with Crippen LogP contribution in [0.5, 0.6) is 5.75 Å². The van der Waals surface area contributed by atoms with Crippen LogP contribution < -0.4 is 4.52 Å². The van der Waals surface area contributed by atoms with Gasteiger partial charge in [0.15, 0.2) is 0 Å². The molecule has 0 aliphatic rings. The molecule has 0 spiro atoms. The summed E-state index contributed by atoms with van der Waals surface area (Å²) >= 11 is 0. The van der Waals surface area contributed by atoms with Crippen molar-refractivity contribution in [1.29, 1.82) is 0 Å². The van der Waals surface area contributed by atoms with Crippen molar-refractivity contribution in [3.8, 4) is 5.75 Å². The molecule has 1 aromatic rings. The first-order valence-corrected chi connectivity index (χ1v) is 13.6. The summed E-state index contributed by atoms with van der Waals surface area (Å²) in [5.41, 5.74) is 0.0237. The molecule has 1 rings (SSSR count). The second-order valence-corrected chi connectivity index (χ2v) is 14.1. The van der Waals surface area contributed by atoms with Gasteiger partial charge in [0, 0.05) is 5.56 Å². The lowest BCUT2D eigenvalue weighted by Gasteiger charge is -2.34. The highest BCUT2D eigenvalue weighted by molar-refractivity contribution is 7.49. The molecule has 0 N–H and O–H groups in total. The summed E-state index contributed by atoms with van der Waals surface area (Å²) in [6, 6.07) is 3.82. The summed E-state index contributed by atoms with van der Waals surface area (Å²) in [5, 5.41) is 0. The third-order valence-electron chi connectivity index (χ3n) is 4.62. The fraction of sp³-hybridized carbons (Fsp3) is 0.741. The number of ether oxygens (including phenoxy) is 1. The predicted molar refractivity (Wildman–Crippen MR) is 139 cm³/mol. The van der Waals surface area contributed by atoms with Gasteiger partial charge in [-0.05, 0) is 98.3 Å². The van der Waals surface area contributed by atoms with Gasteiger partial charge in [-0.2, -0.15) is 0 Å². The maximum atomic E-state index is 13.9. The third-order valence-corrected chi connectivity index (χ3v) is 6.58. The van der Waals surface area contributed by atoms with Gasteiger partial charge in [-0.25, -0.2) is 4.57 Å². The molecule has 7 heteroatoms. The van der Waals surface area contributed by atoms with E-state index in [9.17, 15) is 9.36 Å². The smallest absolute Gasteiger partial charge is 0.460 e. The summed E-state index contributed by atoms with van der Waals surface area (Å²) in [6.45, 7) is 24.6. The van der Waals surface area contributed by atoms with Crippen molar-refractivity contribution in [3.05, 3.63) is 28.8 Å². The zero-order chi connectivity index (χ0) is 26.8. The van der Waals surface area contributed by atoms with Gasteiger partial charge in [0.1, 0.15) is 11.4 Å². The number of rotatable bonds is 9. The molecular weight excluding hydrogens is 451 g/mol. The zero-order valence-electron chi connectivity index (χ0n) is 23.7. The molecule has 1 aromatic carbocycles. The van der Waals surface area contributed by atoms with Crippen LogP contribution in [0.25, 0.3) is 0 Å². The van der Waals surface area contributed by atoms with E-state index in [4.69, 9.17) is 18.3 Å². The molecule has 6 nitrogen and oxygen atoms in total. The number of phosphoric acid groups is 1. The molecule has 0 radical (unpaired) electrons. The average Bonchev–Trinajstić information content (AvgIpc) is 2.46. The van der Waals surface area contributed by atoms with Crippen molar-refractivity contribution in [1.82, 2.24) is 0 Å². The van der Waals surface area contributed by atoms with Crippen LogP contribution in [0.3, 0.4) is 0 Å². The Balaban J connectivity index is 3.69. The Hall–Kier alpha value is -1.36. The minimum atomic E-state index is -4.02. The lowest BCUT2D eigenvalue weighted by atomic mass is 9.76. The monoisotopic (exact) mass is 498 g/mol. The zero-order valence-corrected chi connectivity index (χ0v) is 24.6. The number of aryl methyl sites for hydroxylation is 1. The molecule has 0 amide bonds. The predicted octanol–water partition coefficient (Wildman–Crippen LogP) is 8.07. The Kier molecular flexibility index (Phi) is 9.67. The van der Waals surface area contributed by atoms with E-state index in [-0.39, 0.29) is 17.8 Å². The Labute approximate surface area is 207 Å². The van der Waals surface area contributed by atoms with Crippen molar-refractivity contribution in [2.45, 2.75) is 131 Å². The van der Waals surface area contributed by atoms with E-state index in [1.54, 1.807) is 41.5 Å². The fourth-order valence-corrected chi connectivity index (χ4v) is 5.77. The van der Waals surface area contributed by atoms with Crippen molar-refractivity contribution < 1.29 is 27.7 Å². The molecule has 0 saturated carbocycles. The molecule has 0 bridgehead atoms. The summed E-state index contributed by atoms with van der Waals surface area (Å²) in [4.78, 5) is 12.8. The quantitative estimate of drug-likeness (QED) is 0.253. The third kappa shape index (κ3) is 10.5. The minimum absolute atomic E-state index is 0.0857. The minimum Gasteiger partial charge on any atom is -0.460 e. The Morgan fingerprint density at radius 1 is 0.853 bits per heavy atom. The number of phosphoric ester groups is 1. The number of benzene rings is 1. The van der Waals surface area contributed by atoms with Crippen molar-refractivity contribution >= 4 is 13.8 Å². The van der Waals surface area contributed by atoms with Gasteiger partial charge < -0.3 is 9.26 Å². The van der Waals surface area contributed by atoms with Crippen molar-refractivity contribution in [3.63, 3.8) is 0 Å². The molecule has 0 unspecified atom stereocenters. The van der Waals surface area contributed by atoms with Gasteiger partial charge in [-0.3, -0.25) is 13.8 Å². The normalized spacial score (nSPS) is 13.7. The van der Waals surface area contributed by atoms with Gasteiger partial charge >= 0.3 is 13.8 Å². The molecule has 0 fully saturated rings. The first kappa shape index (κ1) is 30.7. The van der Waals surface area contributed by atoms with Gasteiger partial charge in [-0.1, -0.05) is 33.3 Å². The second kappa shape index (κ2) is 10.7. The molecule has 0 heterocycles. The van der Waals surface area contributed by atoms with Crippen LogP contribution in [0.4, 0.5) is 0 Å². The molecule has 0 atom stereocenters. The average molecular weight is 499 g/mol. The number of hydrogen-bond donors (Lipinski definition) is 0. The molecule has 0 aromatic heterocycles. The molecule has 0 aliphatic carbocycles. The maximum Gasteiger partial charge on any atom is 0.531 e. The fourth-order valence-electron chi connectivity index (χ4n) is 3.94. The summed E-state index contributed by atoms with van der Waals surface area (Å²) in [6.07, 6.45) is 1.86. The number of carbonyl (C=O) groups excluding carboxylic acids is 1. The van der Waals surface area contributed by atoms with Crippen LogP contribution in [0.2, 0.25) is 0 Å². The number of hydrogen-bond acceptors (Lipinski definition) is 6. The van der Waals surface area contributed by atoms with Crippen LogP contribution >= 0.6 is 7.82 Å². The van der Waals surface area contributed by atoms with Gasteiger partial charge in [0.05, 0.1) is 17.6 Å². The highest BCUT2D eigenvalue weighted by Crippen LogP contribution is 2.57. The van der Waals surface area contributed by atoms with Gasteiger partial charge in [0.25, 0.3) is 0 Å². The van der Waals surface area contributed by atoms with Crippen LogP contribution in [0.15, 0.2) is 12.1 Å². The Morgan fingerprint density at radius 2 is 1.35 bits per heavy atom. The van der Waals surface area contributed by atoms with Crippen LogP contribution in [0, 0.1) is 6.92 Å². The highest BCUT2D eigenvalue weighted by Gasteiger charge is 2.40. The summed E-state index contributed by atoms with van der Waals surface area (Å²) in [7, 11) is -4.02. The Bertz CT molecular complexity index is 877. The first-order chi connectivity index (χ1) is 15.1. The second-order valence-electron chi connectivity index (χ2n) is 12.6. The van der Waals surface area contributed by atoms with Gasteiger partial charge in [0.2, 0.25) is 0 Å². The van der Waals surface area contributed by atoms with Crippen LogP contribution in [-0.4, -0.2) is 22.8 Å². The highest BCUT2D eigenvalue weighted by atomic mass is 31.2. The van der Waals surface area contributed by atoms with E-state index in [2.05, 4.69) is 20.8 Å². The molecule has 196 valence electrons. The molecule has 34 heavy (non-hydrogen) atoms. The van der Waals surface area contributed by atoms with E-state index in [0.29, 0.717) is 5.75 Å². The van der Waals surface area contributed by atoms with Crippen molar-refractivity contribution in [2.75, 3.05) is 0 Å². The SMILES string of the molecule is CCCC(C)(C)c1c(CC(=O)OC(C)(C)C)cc(C)cc1OP(=O)(OC(C)(C)C)OC(C)(C)C. The van der Waals surface area contributed by atoms with E-state index in [0.717, 1.165) is 29.5 Å². The largest absolute Gasteiger partial charge is 0.531 e. The maximum absolute atomic E-state index is 13.9. The van der Waals surface area contributed by atoms with Crippen molar-refractivity contribution in [2.24, 2.45) is 0 Å². The van der Waals surface area contributed by atoms with Gasteiger partial charge in [-0.15, -0.1) is 0 Å². The van der Waals surface area contributed by atoms with E-state index in [1.165, 1.54) is 0 Å². The van der Waals surface area contributed by atoms with Crippen LogP contribution in [0.1, 0.15) is 113 Å². The van der Waals surface area contributed by atoms with E-state index < -0.39 is 24.6 Å².